The molecule has 2 aliphatic rings. The van der Waals surface area contributed by atoms with Gasteiger partial charge in [-0.1, -0.05) is 0 Å². The van der Waals surface area contributed by atoms with E-state index in [2.05, 4.69) is 34.6 Å². The van der Waals surface area contributed by atoms with Crippen molar-refractivity contribution < 1.29 is 0 Å². The van der Waals surface area contributed by atoms with Gasteiger partial charge in [0.2, 0.25) is 0 Å². The van der Waals surface area contributed by atoms with Crippen LogP contribution < -0.4 is 16.6 Å². The Kier molecular flexibility index (Phi) is 3.99. The molecule has 0 radical (unpaired) electrons. The first-order valence-corrected chi connectivity index (χ1v) is 7.91. The van der Waals surface area contributed by atoms with E-state index in [9.17, 15) is 0 Å². The molecule has 1 aromatic heterocycles. The van der Waals surface area contributed by atoms with Crippen LogP contribution in [0.25, 0.3) is 0 Å². The Balaban J connectivity index is 1.69. The Morgan fingerprint density at radius 3 is 2.48 bits per heavy atom. The molecule has 4 N–H and O–H groups in total. The predicted octanol–water partition coefficient (Wildman–Crippen LogP) is 1.84. The summed E-state index contributed by atoms with van der Waals surface area (Å²) in [5.41, 5.74) is 3.68. The highest BCUT2D eigenvalue weighted by Gasteiger charge is 2.30. The number of rotatable bonds is 7. The topological polar surface area (TPSA) is 79.1 Å². The number of nitrogen functional groups attached to an aromatic ring is 1. The Morgan fingerprint density at radius 1 is 1.24 bits per heavy atom. The van der Waals surface area contributed by atoms with Gasteiger partial charge in [-0.15, -0.1) is 0 Å². The van der Waals surface area contributed by atoms with Gasteiger partial charge in [0.05, 0.1) is 0 Å². The van der Waals surface area contributed by atoms with Crippen molar-refractivity contribution in [1.29, 1.82) is 0 Å². The first-order valence-electron chi connectivity index (χ1n) is 7.91. The molecule has 0 spiro atoms. The summed E-state index contributed by atoms with van der Waals surface area (Å²) < 4.78 is 0. The van der Waals surface area contributed by atoms with Crippen LogP contribution in [-0.4, -0.2) is 40.5 Å². The van der Waals surface area contributed by atoms with E-state index in [4.69, 9.17) is 10.8 Å². The molecule has 2 fully saturated rings. The number of nitrogens with one attached hydrogen (secondary N) is 2. The Bertz CT molecular complexity index is 509. The zero-order chi connectivity index (χ0) is 15.0. The van der Waals surface area contributed by atoms with Crippen LogP contribution in [0.2, 0.25) is 0 Å². The highest BCUT2D eigenvalue weighted by atomic mass is 15.3. The lowest BCUT2D eigenvalue weighted by Crippen LogP contribution is -2.36. The summed E-state index contributed by atoms with van der Waals surface area (Å²) in [6, 6.07) is 1.27. The summed E-state index contributed by atoms with van der Waals surface area (Å²) in [7, 11) is 2.21. The van der Waals surface area contributed by atoms with Crippen molar-refractivity contribution in [2.75, 3.05) is 24.3 Å². The molecule has 0 aromatic carbocycles. The molecule has 0 bridgehead atoms. The van der Waals surface area contributed by atoms with Crippen LogP contribution in [0.3, 0.4) is 0 Å². The van der Waals surface area contributed by atoms with Gasteiger partial charge in [0.15, 0.2) is 0 Å². The van der Waals surface area contributed by atoms with Gasteiger partial charge in [-0.05, 0) is 46.6 Å². The van der Waals surface area contributed by atoms with Crippen molar-refractivity contribution in [2.24, 2.45) is 5.84 Å². The smallest absolute Gasteiger partial charge is 0.148 e. The Labute approximate surface area is 126 Å². The van der Waals surface area contributed by atoms with E-state index >= 15 is 0 Å². The molecule has 2 saturated carbocycles. The average molecular weight is 290 g/mol. The maximum Gasteiger partial charge on any atom is 0.148 e. The summed E-state index contributed by atoms with van der Waals surface area (Å²) in [4.78, 5) is 11.7. The predicted molar refractivity (Wildman–Crippen MR) is 85.3 cm³/mol. The summed E-state index contributed by atoms with van der Waals surface area (Å²) in [5, 5.41) is 3.49. The molecule has 116 valence electrons. The van der Waals surface area contributed by atoms with Crippen molar-refractivity contribution in [1.82, 2.24) is 14.9 Å². The largest absolute Gasteiger partial charge is 0.368 e. The van der Waals surface area contributed by atoms with E-state index in [-0.39, 0.29) is 0 Å². The van der Waals surface area contributed by atoms with Crippen molar-refractivity contribution in [3.63, 3.8) is 0 Å². The number of nitrogens with zero attached hydrogens (tertiary/aromatic N) is 3. The second kappa shape index (κ2) is 5.77. The fourth-order valence-corrected chi connectivity index (χ4v) is 2.60. The minimum absolute atomic E-state index is 0.491. The minimum atomic E-state index is 0.491. The lowest BCUT2D eigenvalue weighted by atomic mass is 10.2. The van der Waals surface area contributed by atoms with Crippen LogP contribution in [0.15, 0.2) is 0 Å². The number of aromatic nitrogens is 2. The standard InChI is InChI=1S/C15H26N6/c1-9(21(3)12-6-7-12)8-17-13-10(2)14(20-16)19-15(18-13)11-4-5-11/h9,11-12H,4-8,16H2,1-3H3,(H2,17,18,19,20). The number of hydrogen-bond acceptors (Lipinski definition) is 6. The second-order valence-electron chi connectivity index (χ2n) is 6.45. The molecule has 0 aliphatic heterocycles. The quantitative estimate of drug-likeness (QED) is 0.525. The second-order valence-corrected chi connectivity index (χ2v) is 6.45. The van der Waals surface area contributed by atoms with Gasteiger partial charge in [-0.3, -0.25) is 4.90 Å². The maximum atomic E-state index is 5.58. The SMILES string of the molecule is Cc1c(NN)nc(C2CC2)nc1NCC(C)N(C)C1CC1. The molecular weight excluding hydrogens is 264 g/mol. The van der Waals surface area contributed by atoms with Crippen molar-refractivity contribution in [3.05, 3.63) is 11.4 Å². The summed E-state index contributed by atoms with van der Waals surface area (Å²) >= 11 is 0. The molecule has 6 heteroatoms. The van der Waals surface area contributed by atoms with E-state index in [0.717, 1.165) is 35.6 Å². The van der Waals surface area contributed by atoms with E-state index in [1.807, 2.05) is 6.92 Å². The molecule has 1 heterocycles. The zero-order valence-corrected chi connectivity index (χ0v) is 13.2. The molecule has 1 unspecified atom stereocenters. The number of hydrazine groups is 1. The van der Waals surface area contributed by atoms with Gasteiger partial charge in [-0.25, -0.2) is 15.8 Å². The molecule has 0 amide bonds. The third-order valence-corrected chi connectivity index (χ3v) is 4.63. The number of anilines is 2. The molecule has 0 saturated heterocycles. The normalized spacial score (nSPS) is 19.7. The van der Waals surface area contributed by atoms with Gasteiger partial charge < -0.3 is 10.7 Å². The first-order chi connectivity index (χ1) is 10.1. The highest BCUT2D eigenvalue weighted by Crippen LogP contribution is 2.39. The number of likely N-dealkylation sites (N-methyl/N-ethyl adjacent to an activating group) is 1. The molecule has 3 rings (SSSR count). The summed E-state index contributed by atoms with van der Waals surface area (Å²) in [6.07, 6.45) is 5.04. The third kappa shape index (κ3) is 3.27. The van der Waals surface area contributed by atoms with Crippen molar-refractivity contribution in [3.8, 4) is 0 Å². The van der Waals surface area contributed by atoms with Crippen molar-refractivity contribution >= 4 is 11.6 Å². The van der Waals surface area contributed by atoms with Crippen LogP contribution in [0.1, 0.15) is 49.9 Å². The molecule has 1 aromatic rings. The van der Waals surface area contributed by atoms with E-state index in [1.165, 1.54) is 25.7 Å². The lowest BCUT2D eigenvalue weighted by molar-refractivity contribution is 0.257. The maximum absolute atomic E-state index is 5.58. The molecular formula is C15H26N6. The fraction of sp³-hybridized carbons (Fsp3) is 0.733. The number of nitrogens with two attached hydrogens (primary N) is 1. The van der Waals surface area contributed by atoms with Gasteiger partial charge in [0.25, 0.3) is 0 Å². The monoisotopic (exact) mass is 290 g/mol. The van der Waals surface area contributed by atoms with Gasteiger partial charge >= 0.3 is 0 Å². The Hall–Kier alpha value is -1.40. The van der Waals surface area contributed by atoms with Gasteiger partial charge in [0.1, 0.15) is 17.5 Å². The Morgan fingerprint density at radius 2 is 1.90 bits per heavy atom. The summed E-state index contributed by atoms with van der Waals surface area (Å²) in [5.74, 6) is 8.67. The molecule has 1 atom stereocenters. The van der Waals surface area contributed by atoms with Gasteiger partial charge in [0, 0.05) is 30.1 Å². The first kappa shape index (κ1) is 14.5. The van der Waals surface area contributed by atoms with Crippen molar-refractivity contribution in [2.45, 2.75) is 57.5 Å². The zero-order valence-electron chi connectivity index (χ0n) is 13.2. The summed E-state index contributed by atoms with van der Waals surface area (Å²) in [6.45, 7) is 5.15. The number of hydrogen-bond donors (Lipinski definition) is 3. The minimum Gasteiger partial charge on any atom is -0.368 e. The fourth-order valence-electron chi connectivity index (χ4n) is 2.60. The van der Waals surface area contributed by atoms with Gasteiger partial charge in [-0.2, -0.15) is 0 Å². The van der Waals surface area contributed by atoms with E-state index in [1.54, 1.807) is 0 Å². The van der Waals surface area contributed by atoms with Crippen LogP contribution in [-0.2, 0) is 0 Å². The van der Waals surface area contributed by atoms with E-state index in [0.29, 0.717) is 12.0 Å². The molecule has 6 nitrogen and oxygen atoms in total. The average Bonchev–Trinajstić information content (AvgIpc) is 3.36. The van der Waals surface area contributed by atoms with Crippen LogP contribution in [0, 0.1) is 6.92 Å². The van der Waals surface area contributed by atoms with Crippen LogP contribution >= 0.6 is 0 Å². The van der Waals surface area contributed by atoms with Crippen LogP contribution in [0.5, 0.6) is 0 Å². The third-order valence-electron chi connectivity index (χ3n) is 4.63. The molecule has 21 heavy (non-hydrogen) atoms. The highest BCUT2D eigenvalue weighted by molar-refractivity contribution is 5.57. The lowest BCUT2D eigenvalue weighted by Gasteiger charge is -2.25. The molecule has 2 aliphatic carbocycles. The van der Waals surface area contributed by atoms with E-state index < -0.39 is 0 Å². The van der Waals surface area contributed by atoms with Crippen LogP contribution in [0.4, 0.5) is 11.6 Å².